The van der Waals surface area contributed by atoms with E-state index in [9.17, 15) is 14.4 Å². The van der Waals surface area contributed by atoms with E-state index in [2.05, 4.69) is 19.8 Å². The van der Waals surface area contributed by atoms with Crippen molar-refractivity contribution in [1.82, 2.24) is 19.7 Å². The summed E-state index contributed by atoms with van der Waals surface area (Å²) in [6.45, 7) is 1.07. The molecule has 8 nitrogen and oxygen atoms in total. The van der Waals surface area contributed by atoms with Gasteiger partial charge in [0.2, 0.25) is 11.4 Å². The van der Waals surface area contributed by atoms with Gasteiger partial charge in [0.25, 0.3) is 5.56 Å². The Balaban J connectivity index is 0.00000144. The Hall–Kier alpha value is -1.51. The molecule has 0 aliphatic heterocycles. The van der Waals surface area contributed by atoms with Gasteiger partial charge in [-0.15, -0.1) is 4.73 Å². The van der Waals surface area contributed by atoms with Crippen LogP contribution in [0.25, 0.3) is 11.2 Å². The minimum Gasteiger partial charge on any atom is -1.00 e. The minimum absolute atomic E-state index is 0. The molecule has 9 heteroatoms. The second-order valence-corrected chi connectivity index (χ2v) is 2.91. The summed E-state index contributed by atoms with van der Waals surface area (Å²) in [5, 5.41) is 0. The van der Waals surface area contributed by atoms with Gasteiger partial charge in [-0.2, -0.15) is 0 Å². The van der Waals surface area contributed by atoms with Crippen molar-refractivity contribution in [3.8, 4) is 0 Å². The van der Waals surface area contributed by atoms with E-state index in [4.69, 9.17) is 0 Å². The van der Waals surface area contributed by atoms with Gasteiger partial charge >= 0.3 is 35.5 Å². The zero-order valence-corrected chi connectivity index (χ0v) is 11.1. The van der Waals surface area contributed by atoms with Crippen molar-refractivity contribution in [3.63, 3.8) is 0 Å². The first kappa shape index (κ1) is 13.6. The first-order chi connectivity index (χ1) is 7.59. The summed E-state index contributed by atoms with van der Waals surface area (Å²) >= 11 is 0. The number of Topliss-reactive ketones (excluding diaryl/α,β-unsaturated/α-hetero) is 1. The topological polar surface area (TPSA) is 107 Å². The number of nitrogens with one attached hydrogen (secondary N) is 1. The fraction of sp³-hybridized carbons (Fsp3) is 0.125. The van der Waals surface area contributed by atoms with Gasteiger partial charge < -0.3 is 11.2 Å². The molecule has 0 radical (unpaired) electrons. The molecule has 0 atom stereocenters. The molecule has 0 bridgehead atoms. The van der Waals surface area contributed by atoms with Crippen molar-refractivity contribution in [2.75, 3.05) is 0 Å². The number of fused-ring (bicyclic) bond motifs is 1. The van der Waals surface area contributed by atoms with Crippen molar-refractivity contribution in [2.45, 2.75) is 6.92 Å². The molecule has 2 aromatic heterocycles. The third kappa shape index (κ3) is 2.60. The smallest absolute Gasteiger partial charge is 1.00 e. The summed E-state index contributed by atoms with van der Waals surface area (Å²) in [6, 6.07) is 0. The van der Waals surface area contributed by atoms with E-state index in [1.165, 1.54) is 0 Å². The quantitative estimate of drug-likeness (QED) is 0.425. The summed E-state index contributed by atoms with van der Waals surface area (Å²) in [5.41, 5.74) is -0.361. The summed E-state index contributed by atoms with van der Waals surface area (Å²) in [6.07, 6.45) is 2.23. The van der Waals surface area contributed by atoms with Crippen LogP contribution in [-0.4, -0.2) is 31.4 Å². The van der Waals surface area contributed by atoms with Gasteiger partial charge in [-0.25, -0.2) is 14.8 Å². The molecule has 2 rings (SSSR count). The fourth-order valence-corrected chi connectivity index (χ4v) is 1.05. The normalized spacial score (nSPS) is 9.71. The first-order valence-corrected chi connectivity index (χ1v) is 4.23. The van der Waals surface area contributed by atoms with E-state index in [1.54, 1.807) is 0 Å². The molecule has 0 saturated heterocycles. The molecule has 1 N–H and O–H groups in total. The van der Waals surface area contributed by atoms with E-state index in [-0.39, 0.29) is 42.1 Å². The maximum Gasteiger partial charge on any atom is 1.00 e. The molecule has 0 fully saturated rings. The predicted octanol–water partition coefficient (Wildman–Crippen LogP) is -4.22. The van der Waals surface area contributed by atoms with Crippen LogP contribution < -0.4 is 40.0 Å². The summed E-state index contributed by atoms with van der Waals surface area (Å²) in [4.78, 5) is 47.3. The number of nitrogens with zero attached hydrogens (tertiary/aromatic N) is 3. The van der Waals surface area contributed by atoms with Gasteiger partial charge in [-0.05, 0) is 0 Å². The molecule has 17 heavy (non-hydrogen) atoms. The Bertz CT molecular complexity index is 637. The second kappa shape index (κ2) is 5.21. The molecule has 0 saturated carbocycles. The largest absolute Gasteiger partial charge is 1.00 e. The molecule has 2 heterocycles. The van der Waals surface area contributed by atoms with Crippen LogP contribution in [-0.2, 0) is 9.59 Å². The van der Waals surface area contributed by atoms with Crippen LogP contribution in [0.2, 0.25) is 0 Å². The number of ketones is 1. The van der Waals surface area contributed by atoms with Crippen LogP contribution >= 0.6 is 0 Å². The van der Waals surface area contributed by atoms with E-state index in [1.807, 2.05) is 0 Å². The Morgan fingerprint density at radius 3 is 2.82 bits per heavy atom. The van der Waals surface area contributed by atoms with E-state index in [0.29, 0.717) is 0 Å². The van der Waals surface area contributed by atoms with Crippen molar-refractivity contribution in [2.24, 2.45) is 0 Å². The fourth-order valence-electron chi connectivity index (χ4n) is 1.05. The maximum absolute atomic E-state index is 11.2. The summed E-state index contributed by atoms with van der Waals surface area (Å²) in [7, 11) is 0. The predicted molar refractivity (Wildman–Crippen MR) is 51.5 cm³/mol. The molecular weight excluding hydrogens is 239 g/mol. The number of hydrogen-bond donors (Lipinski definition) is 1. The van der Waals surface area contributed by atoms with Gasteiger partial charge in [0.15, 0.2) is 5.52 Å². The van der Waals surface area contributed by atoms with Crippen molar-refractivity contribution < 1.29 is 45.4 Å². The number of carbonyl (C=O) groups is 2. The van der Waals surface area contributed by atoms with Gasteiger partial charge in [0.1, 0.15) is 6.33 Å². The average Bonchev–Trinajstić information content (AvgIpc) is 2.63. The monoisotopic (exact) mass is 246 g/mol. The Morgan fingerprint density at radius 2 is 2.18 bits per heavy atom. The standard InChI is InChI=1S/C8H6N4O4.Na.H/c1-4(13)8(15)16-12-3-11-5-6(12)9-2-10-7(5)14;;/h2-3H,1H3,(H,9,10,14);;/q;+1;-1. The number of H-pyrrole nitrogens is 1. The van der Waals surface area contributed by atoms with E-state index >= 15 is 0 Å². The van der Waals surface area contributed by atoms with Gasteiger partial charge in [-0.3, -0.25) is 9.59 Å². The van der Waals surface area contributed by atoms with Crippen molar-refractivity contribution in [1.29, 1.82) is 0 Å². The zero-order chi connectivity index (χ0) is 11.7. The van der Waals surface area contributed by atoms with Gasteiger partial charge in [0, 0.05) is 6.92 Å². The van der Waals surface area contributed by atoms with Crippen molar-refractivity contribution in [3.05, 3.63) is 23.0 Å². The van der Waals surface area contributed by atoms with Crippen molar-refractivity contribution >= 4 is 22.9 Å². The van der Waals surface area contributed by atoms with Crippen LogP contribution in [0.4, 0.5) is 0 Å². The molecule has 84 valence electrons. The van der Waals surface area contributed by atoms with E-state index in [0.717, 1.165) is 24.3 Å². The number of hydrogen-bond acceptors (Lipinski definition) is 6. The van der Waals surface area contributed by atoms with Crippen LogP contribution in [0.5, 0.6) is 0 Å². The van der Waals surface area contributed by atoms with Gasteiger partial charge in [-0.1, -0.05) is 0 Å². The minimum atomic E-state index is -1.05. The number of aromatic amines is 1. The first-order valence-electron chi connectivity index (χ1n) is 4.23. The number of imidazole rings is 1. The summed E-state index contributed by atoms with van der Waals surface area (Å²) in [5.74, 6) is -1.81. The number of carbonyl (C=O) groups excluding carboxylic acids is 2. The molecule has 0 aliphatic carbocycles. The van der Waals surface area contributed by atoms with Crippen LogP contribution in [0.3, 0.4) is 0 Å². The Labute approximate surface area is 118 Å². The molecule has 2 aromatic rings. The zero-order valence-electron chi connectivity index (χ0n) is 10.1. The molecule has 0 amide bonds. The Morgan fingerprint density at radius 1 is 1.47 bits per heavy atom. The number of rotatable bonds is 2. The van der Waals surface area contributed by atoms with Crippen LogP contribution in [0, 0.1) is 0 Å². The molecule has 0 aliphatic rings. The SMILES string of the molecule is CC(=O)C(=O)On1cnc2c(=O)[nH]cnc21.[H-].[Na+]. The number of aromatic nitrogens is 4. The second-order valence-electron chi connectivity index (χ2n) is 2.91. The van der Waals surface area contributed by atoms with Crippen LogP contribution in [0.15, 0.2) is 17.4 Å². The maximum atomic E-state index is 11.2. The third-order valence-corrected chi connectivity index (χ3v) is 1.78. The third-order valence-electron chi connectivity index (χ3n) is 1.78. The molecule has 0 unspecified atom stereocenters. The van der Waals surface area contributed by atoms with Crippen LogP contribution in [0.1, 0.15) is 8.35 Å². The average molecular weight is 246 g/mol. The molecular formula is C8H7N4NaO4. The molecule has 0 aromatic carbocycles. The Kier molecular flexibility index (Phi) is 4.16. The van der Waals surface area contributed by atoms with Gasteiger partial charge in [0.05, 0.1) is 6.33 Å². The van der Waals surface area contributed by atoms with E-state index < -0.39 is 17.3 Å². The molecule has 0 spiro atoms. The summed E-state index contributed by atoms with van der Waals surface area (Å²) < 4.78 is 0.869.